The molecule has 5 nitrogen and oxygen atoms in total. The van der Waals surface area contributed by atoms with Crippen molar-refractivity contribution in [3.05, 3.63) is 29.6 Å². The number of benzene rings is 1. The maximum Gasteiger partial charge on any atom is 0.202 e. The Hall–Kier alpha value is -1.82. The standard InChI is InChI=1S/C11H13N3O2S/c1-2-10-13-11(17-14-10)12-6-7-8(15)4-3-5-9(7)16/h3-5,15-16H,2,6H2,1H3,(H,12,13,14). The van der Waals surface area contributed by atoms with Crippen LogP contribution in [0, 0.1) is 0 Å². The van der Waals surface area contributed by atoms with Crippen LogP contribution in [0.25, 0.3) is 0 Å². The minimum atomic E-state index is 0.0673. The monoisotopic (exact) mass is 251 g/mol. The van der Waals surface area contributed by atoms with Crippen molar-refractivity contribution in [2.75, 3.05) is 5.32 Å². The van der Waals surface area contributed by atoms with Crippen molar-refractivity contribution in [2.24, 2.45) is 0 Å². The van der Waals surface area contributed by atoms with Crippen LogP contribution in [0.2, 0.25) is 0 Å². The molecule has 0 atom stereocenters. The molecule has 0 saturated carbocycles. The van der Waals surface area contributed by atoms with Gasteiger partial charge in [0.1, 0.15) is 17.3 Å². The zero-order valence-electron chi connectivity index (χ0n) is 9.34. The number of nitrogens with zero attached hydrogens (tertiary/aromatic N) is 2. The minimum Gasteiger partial charge on any atom is -0.507 e. The normalized spacial score (nSPS) is 10.4. The number of rotatable bonds is 4. The van der Waals surface area contributed by atoms with E-state index in [4.69, 9.17) is 0 Å². The Morgan fingerprint density at radius 3 is 2.59 bits per heavy atom. The molecule has 6 heteroatoms. The van der Waals surface area contributed by atoms with Gasteiger partial charge in [0.2, 0.25) is 5.13 Å². The van der Waals surface area contributed by atoms with Gasteiger partial charge in [-0.15, -0.1) is 0 Å². The number of phenolic OH excluding ortho intramolecular Hbond substituents is 2. The summed E-state index contributed by atoms with van der Waals surface area (Å²) in [4.78, 5) is 4.24. The maximum absolute atomic E-state index is 9.59. The Kier molecular flexibility index (Phi) is 3.43. The lowest BCUT2D eigenvalue weighted by Crippen LogP contribution is -1.99. The van der Waals surface area contributed by atoms with E-state index in [9.17, 15) is 10.2 Å². The molecule has 0 aliphatic heterocycles. The van der Waals surface area contributed by atoms with Crippen molar-refractivity contribution in [1.82, 2.24) is 9.36 Å². The molecule has 0 aliphatic rings. The minimum absolute atomic E-state index is 0.0673. The Morgan fingerprint density at radius 1 is 1.29 bits per heavy atom. The topological polar surface area (TPSA) is 78.3 Å². The fourth-order valence-electron chi connectivity index (χ4n) is 1.38. The number of hydrogen-bond acceptors (Lipinski definition) is 6. The lowest BCUT2D eigenvalue weighted by molar-refractivity contribution is 0.440. The summed E-state index contributed by atoms with van der Waals surface area (Å²) >= 11 is 1.27. The van der Waals surface area contributed by atoms with Gasteiger partial charge in [0.05, 0.1) is 5.56 Å². The molecule has 0 bridgehead atoms. The largest absolute Gasteiger partial charge is 0.507 e. The van der Waals surface area contributed by atoms with E-state index in [1.165, 1.54) is 23.7 Å². The average molecular weight is 251 g/mol. The molecule has 2 aromatic rings. The quantitative estimate of drug-likeness (QED) is 0.775. The van der Waals surface area contributed by atoms with Crippen molar-refractivity contribution in [3.63, 3.8) is 0 Å². The van der Waals surface area contributed by atoms with Crippen LogP contribution in [0.5, 0.6) is 11.5 Å². The second-order valence-corrected chi connectivity index (χ2v) is 4.25. The van der Waals surface area contributed by atoms with Crippen molar-refractivity contribution in [3.8, 4) is 11.5 Å². The molecule has 0 fully saturated rings. The lowest BCUT2D eigenvalue weighted by atomic mass is 10.2. The lowest BCUT2D eigenvalue weighted by Gasteiger charge is -2.06. The van der Waals surface area contributed by atoms with Gasteiger partial charge in [-0.25, -0.2) is 4.98 Å². The van der Waals surface area contributed by atoms with Crippen LogP contribution < -0.4 is 5.32 Å². The number of phenols is 2. The molecule has 90 valence electrons. The fourth-order valence-corrected chi connectivity index (χ4v) is 2.02. The van der Waals surface area contributed by atoms with E-state index in [1.807, 2.05) is 6.92 Å². The van der Waals surface area contributed by atoms with Crippen LogP contribution >= 0.6 is 11.5 Å². The molecule has 2 rings (SSSR count). The zero-order valence-corrected chi connectivity index (χ0v) is 10.2. The summed E-state index contributed by atoms with van der Waals surface area (Å²) in [7, 11) is 0. The molecule has 0 amide bonds. The molecule has 0 unspecified atom stereocenters. The summed E-state index contributed by atoms with van der Waals surface area (Å²) in [5, 5.41) is 22.9. The van der Waals surface area contributed by atoms with E-state index < -0.39 is 0 Å². The molecular weight excluding hydrogens is 238 g/mol. The number of anilines is 1. The highest BCUT2D eigenvalue weighted by molar-refractivity contribution is 7.09. The number of aromatic hydroxyl groups is 2. The first-order chi connectivity index (χ1) is 8.20. The van der Waals surface area contributed by atoms with E-state index in [0.29, 0.717) is 17.2 Å². The van der Waals surface area contributed by atoms with E-state index >= 15 is 0 Å². The van der Waals surface area contributed by atoms with Crippen LogP contribution in [0.4, 0.5) is 5.13 Å². The Bertz CT molecular complexity index is 493. The third-order valence-corrected chi connectivity index (χ3v) is 3.04. The number of aromatic nitrogens is 2. The van der Waals surface area contributed by atoms with Crippen molar-refractivity contribution < 1.29 is 10.2 Å². The second kappa shape index (κ2) is 5.01. The zero-order chi connectivity index (χ0) is 12.3. The van der Waals surface area contributed by atoms with Gasteiger partial charge in [-0.05, 0) is 12.1 Å². The predicted molar refractivity (Wildman–Crippen MR) is 66.4 cm³/mol. The molecule has 1 heterocycles. The summed E-state index contributed by atoms with van der Waals surface area (Å²) in [6, 6.07) is 4.66. The van der Waals surface area contributed by atoms with E-state index in [1.54, 1.807) is 6.07 Å². The second-order valence-electron chi connectivity index (χ2n) is 3.50. The Labute approximate surface area is 103 Å². The first-order valence-corrected chi connectivity index (χ1v) is 6.04. The first-order valence-electron chi connectivity index (χ1n) is 5.27. The van der Waals surface area contributed by atoms with Gasteiger partial charge in [-0.3, -0.25) is 0 Å². The van der Waals surface area contributed by atoms with Crippen LogP contribution in [-0.4, -0.2) is 19.6 Å². The van der Waals surface area contributed by atoms with Crippen molar-refractivity contribution >= 4 is 16.7 Å². The van der Waals surface area contributed by atoms with Crippen molar-refractivity contribution in [2.45, 2.75) is 19.9 Å². The molecule has 1 aromatic carbocycles. The van der Waals surface area contributed by atoms with Gasteiger partial charge in [0, 0.05) is 24.5 Å². The fraction of sp³-hybridized carbons (Fsp3) is 0.273. The summed E-state index contributed by atoms with van der Waals surface area (Å²) in [6.07, 6.45) is 0.792. The SMILES string of the molecule is CCc1nsc(NCc2c(O)cccc2O)n1. The molecule has 1 aromatic heterocycles. The molecule has 17 heavy (non-hydrogen) atoms. The third kappa shape index (κ3) is 2.65. The highest BCUT2D eigenvalue weighted by Crippen LogP contribution is 2.27. The van der Waals surface area contributed by atoms with E-state index in [-0.39, 0.29) is 11.5 Å². The predicted octanol–water partition coefficient (Wildman–Crippen LogP) is 2.12. The highest BCUT2D eigenvalue weighted by atomic mass is 32.1. The number of hydrogen-bond donors (Lipinski definition) is 3. The molecule has 0 radical (unpaired) electrons. The van der Waals surface area contributed by atoms with Crippen LogP contribution in [0.15, 0.2) is 18.2 Å². The first kappa shape index (κ1) is 11.7. The number of nitrogens with one attached hydrogen (secondary N) is 1. The average Bonchev–Trinajstić information content (AvgIpc) is 2.76. The van der Waals surface area contributed by atoms with Crippen LogP contribution in [0.1, 0.15) is 18.3 Å². The van der Waals surface area contributed by atoms with Crippen molar-refractivity contribution in [1.29, 1.82) is 0 Å². The maximum atomic E-state index is 9.59. The van der Waals surface area contributed by atoms with Gasteiger partial charge < -0.3 is 15.5 Å². The molecule has 3 N–H and O–H groups in total. The van der Waals surface area contributed by atoms with Gasteiger partial charge in [0.15, 0.2) is 0 Å². The molecule has 0 aliphatic carbocycles. The smallest absolute Gasteiger partial charge is 0.202 e. The van der Waals surface area contributed by atoms with E-state index in [2.05, 4.69) is 14.7 Å². The van der Waals surface area contributed by atoms with Gasteiger partial charge in [0.25, 0.3) is 0 Å². The summed E-state index contributed by atoms with van der Waals surface area (Å²) in [5.41, 5.74) is 0.459. The van der Waals surface area contributed by atoms with Gasteiger partial charge in [-0.1, -0.05) is 13.0 Å². The van der Waals surface area contributed by atoms with Gasteiger partial charge >= 0.3 is 0 Å². The Balaban J connectivity index is 2.07. The van der Waals surface area contributed by atoms with Gasteiger partial charge in [-0.2, -0.15) is 4.37 Å². The summed E-state index contributed by atoms with van der Waals surface area (Å²) in [6.45, 7) is 2.30. The summed E-state index contributed by atoms with van der Waals surface area (Å²) < 4.78 is 4.13. The highest BCUT2D eigenvalue weighted by Gasteiger charge is 2.08. The van der Waals surface area contributed by atoms with E-state index in [0.717, 1.165) is 12.2 Å². The Morgan fingerprint density at radius 2 is 2.00 bits per heavy atom. The molecule has 0 saturated heterocycles. The molecular formula is C11H13N3O2S. The summed E-state index contributed by atoms with van der Waals surface area (Å²) in [5.74, 6) is 0.925. The van der Waals surface area contributed by atoms with Crippen LogP contribution in [-0.2, 0) is 13.0 Å². The van der Waals surface area contributed by atoms with Crippen LogP contribution in [0.3, 0.4) is 0 Å². The molecule has 0 spiro atoms. The number of aryl methyl sites for hydroxylation is 1. The third-order valence-electron chi connectivity index (χ3n) is 2.33.